The lowest BCUT2D eigenvalue weighted by Gasteiger charge is -2.58. The molecule has 0 aromatic rings. The zero-order chi connectivity index (χ0) is 17.5. The maximum Gasteiger partial charge on any atom is 0.312 e. The van der Waals surface area contributed by atoms with Gasteiger partial charge in [-0.25, -0.2) is 0 Å². The van der Waals surface area contributed by atoms with Crippen molar-refractivity contribution in [2.75, 3.05) is 27.2 Å². The third-order valence-electron chi connectivity index (χ3n) is 5.83. The number of esters is 1. The van der Waals surface area contributed by atoms with Gasteiger partial charge in [-0.05, 0) is 50.4 Å². The molecule has 0 heterocycles. The minimum atomic E-state index is -0.508. The van der Waals surface area contributed by atoms with Crippen molar-refractivity contribution in [3.63, 3.8) is 0 Å². The highest BCUT2D eigenvalue weighted by Gasteiger charge is 2.60. The van der Waals surface area contributed by atoms with Gasteiger partial charge in [0.2, 0.25) is 5.91 Å². The number of rotatable bonds is 5. The summed E-state index contributed by atoms with van der Waals surface area (Å²) in [4.78, 5) is 37.0. The number of carbonyl (C=O) groups is 3. The van der Waals surface area contributed by atoms with Crippen LogP contribution in [-0.4, -0.2) is 54.8 Å². The van der Waals surface area contributed by atoms with Crippen LogP contribution in [0.1, 0.15) is 38.5 Å². The molecule has 2 unspecified atom stereocenters. The van der Waals surface area contributed by atoms with Crippen LogP contribution >= 0.6 is 11.6 Å². The number of hydrogen-bond acceptors (Lipinski definition) is 4. The molecule has 2 amide bonds. The molecule has 1 N–H and O–H groups in total. The smallest absolute Gasteiger partial charge is 0.312 e. The Kier molecular flexibility index (Phi) is 4.53. The molecule has 4 atom stereocenters. The Balaban J connectivity index is 1.57. The van der Waals surface area contributed by atoms with Crippen LogP contribution in [0, 0.1) is 17.3 Å². The molecule has 0 radical (unpaired) electrons. The number of hydrogen-bond donors (Lipinski definition) is 1. The first-order valence-electron chi connectivity index (χ1n) is 8.56. The van der Waals surface area contributed by atoms with Gasteiger partial charge in [-0.15, -0.1) is 11.6 Å². The summed E-state index contributed by atoms with van der Waals surface area (Å²) in [5, 5.41) is 2.45. The fraction of sp³-hybridized carbons (Fsp3) is 0.824. The Morgan fingerprint density at radius 3 is 2.38 bits per heavy atom. The van der Waals surface area contributed by atoms with Crippen molar-refractivity contribution < 1.29 is 19.1 Å². The van der Waals surface area contributed by atoms with Crippen molar-refractivity contribution in [2.24, 2.45) is 17.3 Å². The average Bonchev–Trinajstić information content (AvgIpc) is 2.49. The molecule has 4 rings (SSSR count). The van der Waals surface area contributed by atoms with E-state index in [1.165, 1.54) is 19.0 Å². The third-order valence-corrected chi connectivity index (χ3v) is 6.28. The molecular formula is C17H25ClN2O4. The summed E-state index contributed by atoms with van der Waals surface area (Å²) in [5.41, 5.74) is -0.508. The minimum absolute atomic E-state index is 0.0486. The Hall–Kier alpha value is -1.30. The van der Waals surface area contributed by atoms with Crippen LogP contribution in [-0.2, 0) is 19.1 Å². The Morgan fingerprint density at radius 1 is 1.21 bits per heavy atom. The molecule has 6 nitrogen and oxygen atoms in total. The average molecular weight is 357 g/mol. The van der Waals surface area contributed by atoms with E-state index in [0.29, 0.717) is 18.3 Å². The van der Waals surface area contributed by atoms with E-state index in [9.17, 15) is 14.4 Å². The molecule has 7 heteroatoms. The molecule has 0 aromatic heterocycles. The fourth-order valence-corrected chi connectivity index (χ4v) is 5.86. The zero-order valence-corrected chi connectivity index (χ0v) is 15.0. The standard InChI is InChI=1S/C17H25ClN2O4/c1-19-13(21)8-20(2)14(22)9-24-15(23)16-4-11-3-12(5-16)7-17(18,6-11)10-16/h11-12H,3-10H2,1-2H3,(H,19,21)/t11-,12+,16?,17?. The zero-order valence-electron chi connectivity index (χ0n) is 14.3. The second kappa shape index (κ2) is 6.21. The lowest BCUT2D eigenvalue weighted by Crippen LogP contribution is -2.56. The van der Waals surface area contributed by atoms with Gasteiger partial charge in [0.15, 0.2) is 6.61 Å². The van der Waals surface area contributed by atoms with E-state index in [2.05, 4.69) is 5.32 Å². The first kappa shape index (κ1) is 17.5. The number of likely N-dealkylation sites (N-methyl/N-ethyl adjacent to an activating group) is 2. The summed E-state index contributed by atoms with van der Waals surface area (Å²) < 4.78 is 5.35. The maximum absolute atomic E-state index is 12.7. The SMILES string of the molecule is CNC(=O)CN(C)C(=O)COC(=O)C12C[C@@H]3C[C@@H](CC(Cl)(C3)C1)C2. The number of alkyl halides is 1. The van der Waals surface area contributed by atoms with Gasteiger partial charge >= 0.3 is 5.97 Å². The number of amides is 2. The normalized spacial score (nSPS) is 36.3. The first-order chi connectivity index (χ1) is 11.3. The molecular weight excluding hydrogens is 332 g/mol. The number of nitrogens with one attached hydrogen (secondary N) is 1. The van der Waals surface area contributed by atoms with Crippen LogP contribution in [0.4, 0.5) is 0 Å². The number of ether oxygens (including phenoxy) is 1. The lowest BCUT2D eigenvalue weighted by atomic mass is 9.49. The summed E-state index contributed by atoms with van der Waals surface area (Å²) in [6, 6.07) is 0. The van der Waals surface area contributed by atoms with Crippen LogP contribution in [0.3, 0.4) is 0 Å². The molecule has 24 heavy (non-hydrogen) atoms. The molecule has 4 saturated carbocycles. The monoisotopic (exact) mass is 356 g/mol. The van der Waals surface area contributed by atoms with E-state index in [1.807, 2.05) is 0 Å². The van der Waals surface area contributed by atoms with Crippen LogP contribution in [0.2, 0.25) is 0 Å². The molecule has 0 aliphatic heterocycles. The summed E-state index contributed by atoms with van der Waals surface area (Å²) in [7, 11) is 3.03. The Labute approximate surface area is 147 Å². The summed E-state index contributed by atoms with van der Waals surface area (Å²) in [6.07, 6.45) is 5.48. The highest BCUT2D eigenvalue weighted by atomic mass is 35.5. The van der Waals surface area contributed by atoms with Gasteiger partial charge in [0.05, 0.1) is 12.0 Å². The Morgan fingerprint density at radius 2 is 1.83 bits per heavy atom. The molecule has 4 aliphatic carbocycles. The minimum Gasteiger partial charge on any atom is -0.455 e. The van der Waals surface area contributed by atoms with E-state index in [1.54, 1.807) is 0 Å². The summed E-state index contributed by atoms with van der Waals surface area (Å²) in [5.74, 6) is 0.0776. The predicted molar refractivity (Wildman–Crippen MR) is 88.4 cm³/mol. The van der Waals surface area contributed by atoms with Gasteiger partial charge in [0.25, 0.3) is 5.91 Å². The van der Waals surface area contributed by atoms with Crippen molar-refractivity contribution in [1.29, 1.82) is 0 Å². The Bertz CT molecular complexity index is 551. The highest BCUT2D eigenvalue weighted by Crippen LogP contribution is 2.64. The second-order valence-electron chi connectivity index (χ2n) is 7.89. The molecule has 0 aromatic carbocycles. The van der Waals surface area contributed by atoms with Gasteiger partial charge in [-0.1, -0.05) is 0 Å². The van der Waals surface area contributed by atoms with E-state index in [0.717, 1.165) is 32.1 Å². The van der Waals surface area contributed by atoms with Crippen LogP contribution in [0.25, 0.3) is 0 Å². The largest absolute Gasteiger partial charge is 0.455 e. The molecule has 0 spiro atoms. The molecule has 134 valence electrons. The quantitative estimate of drug-likeness (QED) is 0.595. The first-order valence-corrected chi connectivity index (χ1v) is 8.94. The van der Waals surface area contributed by atoms with E-state index >= 15 is 0 Å². The van der Waals surface area contributed by atoms with Crippen molar-refractivity contribution in [3.05, 3.63) is 0 Å². The van der Waals surface area contributed by atoms with Gasteiger partial charge in [0.1, 0.15) is 0 Å². The molecule has 4 fully saturated rings. The second-order valence-corrected chi connectivity index (χ2v) is 8.69. The van der Waals surface area contributed by atoms with E-state index < -0.39 is 5.41 Å². The summed E-state index contributed by atoms with van der Waals surface area (Å²) >= 11 is 6.72. The highest BCUT2D eigenvalue weighted by molar-refractivity contribution is 6.24. The topological polar surface area (TPSA) is 75.7 Å². The van der Waals surface area contributed by atoms with Crippen LogP contribution in [0.5, 0.6) is 0 Å². The van der Waals surface area contributed by atoms with Crippen molar-refractivity contribution >= 4 is 29.4 Å². The maximum atomic E-state index is 12.7. The predicted octanol–water partition coefficient (Wildman–Crippen LogP) is 1.31. The van der Waals surface area contributed by atoms with Gasteiger partial charge in [-0.2, -0.15) is 0 Å². The molecule has 4 bridgehead atoms. The van der Waals surface area contributed by atoms with Crippen molar-refractivity contribution in [2.45, 2.75) is 43.4 Å². The third kappa shape index (κ3) is 3.25. The van der Waals surface area contributed by atoms with Crippen molar-refractivity contribution in [3.8, 4) is 0 Å². The van der Waals surface area contributed by atoms with E-state index in [4.69, 9.17) is 16.3 Å². The summed E-state index contributed by atoms with van der Waals surface area (Å²) in [6.45, 7) is -0.369. The van der Waals surface area contributed by atoms with Gasteiger partial charge in [-0.3, -0.25) is 14.4 Å². The lowest BCUT2D eigenvalue weighted by molar-refractivity contribution is -0.173. The fourth-order valence-electron chi connectivity index (χ4n) is 5.16. The van der Waals surface area contributed by atoms with Crippen LogP contribution < -0.4 is 5.32 Å². The number of nitrogens with zero attached hydrogens (tertiary/aromatic N) is 1. The van der Waals surface area contributed by atoms with Gasteiger partial charge in [0, 0.05) is 19.0 Å². The molecule has 4 aliphatic rings. The number of carbonyl (C=O) groups excluding carboxylic acids is 3. The van der Waals surface area contributed by atoms with Crippen molar-refractivity contribution in [1.82, 2.24) is 10.2 Å². The van der Waals surface area contributed by atoms with Gasteiger partial charge < -0.3 is 15.0 Å². The number of halogens is 1. The molecule has 0 saturated heterocycles. The van der Waals surface area contributed by atoms with Crippen LogP contribution in [0.15, 0.2) is 0 Å². The van der Waals surface area contributed by atoms with E-state index in [-0.39, 0.29) is 35.8 Å².